The predicted molar refractivity (Wildman–Crippen MR) is 138 cm³/mol. The van der Waals surface area contributed by atoms with Crippen molar-refractivity contribution in [1.29, 1.82) is 0 Å². The number of unbranched alkanes of at least 4 members (excludes halogenated alkanes) is 10. The zero-order valence-corrected chi connectivity index (χ0v) is 23.6. The molecule has 0 saturated carbocycles. The Bertz CT molecular complexity index is 881. The van der Waals surface area contributed by atoms with Gasteiger partial charge in [0.1, 0.15) is 5.82 Å². The van der Waals surface area contributed by atoms with Crippen molar-refractivity contribution < 1.29 is 8.42 Å². The molecule has 0 N–H and O–H groups in total. The van der Waals surface area contributed by atoms with Crippen LogP contribution in [0.1, 0.15) is 83.4 Å². The summed E-state index contributed by atoms with van der Waals surface area (Å²) in [5.41, 5.74) is 0.737. The maximum atomic E-state index is 13.0. The van der Waals surface area contributed by atoms with E-state index in [9.17, 15) is 8.42 Å². The highest BCUT2D eigenvalue weighted by atomic mass is 80.0. The standard InChI is InChI=1S/C22H32Br3N3O2S/c1-2-3-4-5-6-7-8-9-10-11-15-18-20-26-27-21(31(29,30)22(23,24)25)28(20)19-16-13-12-14-17-19/h12-14,16-17H,2-11,15,18H2,1H3. The summed E-state index contributed by atoms with van der Waals surface area (Å²) in [6, 6.07) is 9.38. The predicted octanol–water partition coefficient (Wildman–Crippen LogP) is 7.69. The molecular weight excluding hydrogens is 610 g/mol. The third kappa shape index (κ3) is 8.23. The van der Waals surface area contributed by atoms with Crippen LogP contribution in [0.15, 0.2) is 35.5 Å². The minimum atomic E-state index is -3.85. The van der Waals surface area contributed by atoms with Crippen LogP contribution in [-0.2, 0) is 16.3 Å². The maximum Gasteiger partial charge on any atom is 0.257 e. The van der Waals surface area contributed by atoms with Crippen molar-refractivity contribution in [3.8, 4) is 5.69 Å². The zero-order chi connectivity index (χ0) is 22.7. The Morgan fingerprint density at radius 2 is 1.32 bits per heavy atom. The molecule has 0 saturated heterocycles. The largest absolute Gasteiger partial charge is 0.270 e. The molecule has 0 fully saturated rings. The van der Waals surface area contributed by atoms with Gasteiger partial charge < -0.3 is 0 Å². The van der Waals surface area contributed by atoms with Crippen LogP contribution in [0.4, 0.5) is 0 Å². The summed E-state index contributed by atoms with van der Waals surface area (Å²) in [5.74, 6) is 0.664. The van der Waals surface area contributed by atoms with Crippen molar-refractivity contribution >= 4 is 57.6 Å². The molecule has 31 heavy (non-hydrogen) atoms. The summed E-state index contributed by atoms with van der Waals surface area (Å²) in [6.07, 6.45) is 14.6. The normalized spacial score (nSPS) is 12.4. The molecule has 0 aliphatic heterocycles. The van der Waals surface area contributed by atoms with Crippen LogP contribution < -0.4 is 0 Å². The molecule has 0 unspecified atom stereocenters. The Hall–Kier alpha value is -0.250. The van der Waals surface area contributed by atoms with E-state index in [-0.39, 0.29) is 5.16 Å². The molecular formula is C22H32Br3N3O2S. The topological polar surface area (TPSA) is 64.8 Å². The van der Waals surface area contributed by atoms with Crippen molar-refractivity contribution in [2.24, 2.45) is 0 Å². The van der Waals surface area contributed by atoms with Gasteiger partial charge in [0.05, 0.1) is 0 Å². The fourth-order valence-corrected chi connectivity index (χ4v) is 5.63. The van der Waals surface area contributed by atoms with E-state index in [0.29, 0.717) is 12.2 Å². The smallest absolute Gasteiger partial charge is 0.257 e. The molecule has 1 heterocycles. The average Bonchev–Trinajstić information content (AvgIpc) is 3.16. The monoisotopic (exact) mass is 639 g/mol. The minimum Gasteiger partial charge on any atom is -0.270 e. The number of para-hydroxylation sites is 1. The first kappa shape index (κ1) is 27.0. The molecule has 0 aliphatic carbocycles. The number of sulfone groups is 1. The number of aromatic nitrogens is 3. The van der Waals surface area contributed by atoms with E-state index in [0.717, 1.165) is 18.5 Å². The van der Waals surface area contributed by atoms with Gasteiger partial charge in [-0.15, -0.1) is 10.2 Å². The SMILES string of the molecule is CCCCCCCCCCCCCc1nnc(S(=O)(=O)C(Br)(Br)Br)n1-c1ccccc1. The molecule has 2 aromatic rings. The first-order chi connectivity index (χ1) is 14.8. The maximum absolute atomic E-state index is 13.0. The highest BCUT2D eigenvalue weighted by Gasteiger charge is 2.42. The molecule has 0 atom stereocenters. The summed E-state index contributed by atoms with van der Waals surface area (Å²) in [5, 5.41) is 8.17. The first-order valence-electron chi connectivity index (χ1n) is 11.1. The van der Waals surface area contributed by atoms with Crippen LogP contribution in [0.3, 0.4) is 0 Å². The second-order valence-corrected chi connectivity index (χ2v) is 18.1. The highest BCUT2D eigenvalue weighted by molar-refractivity contribution is 9.42. The van der Waals surface area contributed by atoms with E-state index in [1.807, 2.05) is 30.3 Å². The van der Waals surface area contributed by atoms with E-state index in [2.05, 4.69) is 64.9 Å². The summed E-state index contributed by atoms with van der Waals surface area (Å²) in [7, 11) is -3.85. The number of nitrogens with zero attached hydrogens (tertiary/aromatic N) is 3. The molecule has 0 radical (unpaired) electrons. The second-order valence-electron chi connectivity index (χ2n) is 7.80. The lowest BCUT2D eigenvalue weighted by atomic mass is 10.1. The van der Waals surface area contributed by atoms with Crippen molar-refractivity contribution in [2.45, 2.75) is 90.6 Å². The van der Waals surface area contributed by atoms with Crippen molar-refractivity contribution in [3.05, 3.63) is 36.2 Å². The number of aryl methyl sites for hydroxylation is 1. The van der Waals surface area contributed by atoms with E-state index in [1.165, 1.54) is 57.8 Å². The molecule has 0 spiro atoms. The number of halogens is 3. The van der Waals surface area contributed by atoms with E-state index < -0.39 is 11.3 Å². The van der Waals surface area contributed by atoms with Gasteiger partial charge in [-0.05, 0) is 66.3 Å². The van der Waals surface area contributed by atoms with Gasteiger partial charge in [0, 0.05) is 12.1 Å². The van der Waals surface area contributed by atoms with Gasteiger partial charge in [-0.25, -0.2) is 8.42 Å². The van der Waals surface area contributed by atoms with Crippen molar-refractivity contribution in [1.82, 2.24) is 14.8 Å². The van der Waals surface area contributed by atoms with E-state index in [4.69, 9.17) is 0 Å². The molecule has 174 valence electrons. The van der Waals surface area contributed by atoms with Gasteiger partial charge in [0.2, 0.25) is 11.3 Å². The zero-order valence-electron chi connectivity index (χ0n) is 18.1. The summed E-state index contributed by atoms with van der Waals surface area (Å²) in [6.45, 7) is 2.25. The number of hydrogen-bond donors (Lipinski definition) is 0. The van der Waals surface area contributed by atoms with Crippen LogP contribution in [0.25, 0.3) is 5.69 Å². The van der Waals surface area contributed by atoms with Gasteiger partial charge in [0.15, 0.2) is 0 Å². The molecule has 1 aromatic carbocycles. The Morgan fingerprint density at radius 1 is 0.806 bits per heavy atom. The number of alkyl halides is 3. The van der Waals surface area contributed by atoms with Gasteiger partial charge in [-0.1, -0.05) is 89.3 Å². The molecule has 0 bridgehead atoms. The lowest BCUT2D eigenvalue weighted by Gasteiger charge is -2.15. The summed E-state index contributed by atoms with van der Waals surface area (Å²) in [4.78, 5) is 0. The van der Waals surface area contributed by atoms with Crippen molar-refractivity contribution in [2.75, 3.05) is 0 Å². The van der Waals surface area contributed by atoms with Crippen molar-refractivity contribution in [3.63, 3.8) is 0 Å². The van der Waals surface area contributed by atoms with Crippen LogP contribution in [0.2, 0.25) is 0 Å². The second kappa shape index (κ2) is 13.5. The average molecular weight is 642 g/mol. The van der Waals surface area contributed by atoms with Gasteiger partial charge >= 0.3 is 0 Å². The molecule has 1 aromatic heterocycles. The first-order valence-corrected chi connectivity index (χ1v) is 15.0. The quantitative estimate of drug-likeness (QED) is 0.157. The highest BCUT2D eigenvalue weighted by Crippen LogP contribution is 2.43. The summed E-state index contributed by atoms with van der Waals surface area (Å²) < 4.78 is 26.1. The van der Waals surface area contributed by atoms with Gasteiger partial charge in [-0.2, -0.15) is 0 Å². The number of hydrogen-bond acceptors (Lipinski definition) is 4. The third-order valence-electron chi connectivity index (χ3n) is 5.26. The van der Waals surface area contributed by atoms with Gasteiger partial charge in [-0.3, -0.25) is 4.57 Å². The Morgan fingerprint density at radius 3 is 1.84 bits per heavy atom. The molecule has 0 amide bonds. The van der Waals surface area contributed by atoms with Crippen LogP contribution in [0.5, 0.6) is 0 Å². The lowest BCUT2D eigenvalue weighted by Crippen LogP contribution is -2.22. The lowest BCUT2D eigenvalue weighted by molar-refractivity contribution is 0.546. The molecule has 9 heteroatoms. The fourth-order valence-electron chi connectivity index (χ4n) is 3.52. The number of benzene rings is 1. The Labute approximate surface area is 212 Å². The Balaban J connectivity index is 1.92. The van der Waals surface area contributed by atoms with E-state index >= 15 is 0 Å². The fraction of sp³-hybridized carbons (Fsp3) is 0.636. The minimum absolute atomic E-state index is 0.0950. The van der Waals surface area contributed by atoms with Crippen LogP contribution in [0, 0.1) is 0 Å². The van der Waals surface area contributed by atoms with Crippen LogP contribution in [-0.4, -0.2) is 24.7 Å². The molecule has 0 aliphatic rings. The number of rotatable bonds is 14. The van der Waals surface area contributed by atoms with Gasteiger partial charge in [0.25, 0.3) is 5.16 Å². The molecule has 2 rings (SSSR count). The summed E-state index contributed by atoms with van der Waals surface area (Å²) >= 11 is 9.38. The third-order valence-corrected chi connectivity index (χ3v) is 10.5. The van der Waals surface area contributed by atoms with Crippen LogP contribution >= 0.6 is 47.8 Å². The molecule has 5 nitrogen and oxygen atoms in total. The van der Waals surface area contributed by atoms with E-state index in [1.54, 1.807) is 4.57 Å². The Kier molecular flexibility index (Phi) is 11.7.